The summed E-state index contributed by atoms with van der Waals surface area (Å²) in [4.78, 5) is 12.0. The van der Waals surface area contributed by atoms with Gasteiger partial charge in [-0.05, 0) is 35.9 Å². The number of aromatic nitrogens is 4. The third kappa shape index (κ3) is 6.04. The van der Waals surface area contributed by atoms with Crippen LogP contribution < -0.4 is 10.1 Å². The summed E-state index contributed by atoms with van der Waals surface area (Å²) >= 11 is 1.31. The van der Waals surface area contributed by atoms with Gasteiger partial charge in [0.2, 0.25) is 11.1 Å². The van der Waals surface area contributed by atoms with Crippen LogP contribution in [0.25, 0.3) is 5.69 Å². The molecule has 2 aromatic rings. The van der Waals surface area contributed by atoms with Gasteiger partial charge in [0.25, 0.3) is 0 Å². The molecule has 1 N–H and O–H groups in total. The summed E-state index contributed by atoms with van der Waals surface area (Å²) in [5.41, 5.74) is 0.761. The Morgan fingerprint density at radius 2 is 2.08 bits per heavy atom. The molecule has 25 heavy (non-hydrogen) atoms. The van der Waals surface area contributed by atoms with Crippen molar-refractivity contribution in [1.29, 1.82) is 0 Å². The second kappa shape index (κ2) is 10.7. The molecule has 1 aromatic carbocycles. The quantitative estimate of drug-likeness (QED) is 0.488. The first-order chi connectivity index (χ1) is 12.3. The van der Waals surface area contributed by atoms with Crippen LogP contribution in [-0.2, 0) is 4.79 Å². The summed E-state index contributed by atoms with van der Waals surface area (Å²) in [5.74, 6) is 0.985. The predicted molar refractivity (Wildman–Crippen MR) is 98.2 cm³/mol. The summed E-state index contributed by atoms with van der Waals surface area (Å²) in [7, 11) is 0. The lowest BCUT2D eigenvalue weighted by Crippen LogP contribution is -2.26. The number of hydrogen-bond donors (Lipinski definition) is 1. The molecule has 0 saturated heterocycles. The minimum atomic E-state index is -0.00542. The smallest absolute Gasteiger partial charge is 0.230 e. The molecule has 1 heterocycles. The number of carbonyl (C=O) groups is 1. The molecule has 8 heteroatoms. The van der Waals surface area contributed by atoms with Gasteiger partial charge in [0.15, 0.2) is 0 Å². The number of rotatable bonds is 11. The third-order valence-corrected chi connectivity index (χ3v) is 4.44. The van der Waals surface area contributed by atoms with E-state index >= 15 is 0 Å². The van der Waals surface area contributed by atoms with Crippen LogP contribution in [0.4, 0.5) is 0 Å². The minimum Gasteiger partial charge on any atom is -0.492 e. The fraction of sp³-hybridized carbons (Fsp3) is 0.529. The number of benzene rings is 1. The highest BCUT2D eigenvalue weighted by Crippen LogP contribution is 2.25. The van der Waals surface area contributed by atoms with Crippen molar-refractivity contribution in [2.24, 2.45) is 0 Å². The van der Waals surface area contributed by atoms with Crippen molar-refractivity contribution in [2.45, 2.75) is 44.7 Å². The Morgan fingerprint density at radius 3 is 2.88 bits per heavy atom. The Labute approximate surface area is 152 Å². The van der Waals surface area contributed by atoms with Gasteiger partial charge in [0.1, 0.15) is 11.4 Å². The number of tetrazole rings is 1. The third-order valence-electron chi connectivity index (χ3n) is 3.52. The summed E-state index contributed by atoms with van der Waals surface area (Å²) in [6, 6.07) is 7.56. The normalized spacial score (nSPS) is 10.6. The van der Waals surface area contributed by atoms with Crippen molar-refractivity contribution >= 4 is 17.7 Å². The zero-order valence-electron chi connectivity index (χ0n) is 14.8. The van der Waals surface area contributed by atoms with Crippen LogP contribution in [0, 0.1) is 0 Å². The molecule has 0 aliphatic rings. The van der Waals surface area contributed by atoms with Crippen molar-refractivity contribution in [3.8, 4) is 11.4 Å². The molecular weight excluding hydrogens is 338 g/mol. The average Bonchev–Trinajstić information content (AvgIpc) is 3.09. The number of nitrogens with zero attached hydrogens (tertiary/aromatic N) is 4. The Bertz CT molecular complexity index is 662. The van der Waals surface area contributed by atoms with Crippen LogP contribution in [0.1, 0.15) is 39.5 Å². The van der Waals surface area contributed by atoms with Gasteiger partial charge in [0.05, 0.1) is 12.4 Å². The van der Waals surface area contributed by atoms with E-state index in [4.69, 9.17) is 4.74 Å². The molecule has 1 aromatic heterocycles. The summed E-state index contributed by atoms with van der Waals surface area (Å²) in [6.07, 6.45) is 4.56. The van der Waals surface area contributed by atoms with Crippen LogP contribution in [0.15, 0.2) is 29.4 Å². The zero-order valence-corrected chi connectivity index (χ0v) is 15.6. The van der Waals surface area contributed by atoms with E-state index in [0.29, 0.717) is 17.5 Å². The van der Waals surface area contributed by atoms with Gasteiger partial charge in [-0.2, -0.15) is 4.68 Å². The summed E-state index contributed by atoms with van der Waals surface area (Å²) in [6.45, 7) is 5.37. The van der Waals surface area contributed by atoms with Crippen LogP contribution in [-0.4, -0.2) is 45.0 Å². The maximum atomic E-state index is 12.0. The van der Waals surface area contributed by atoms with Crippen LogP contribution >= 0.6 is 11.8 Å². The average molecular weight is 363 g/mol. The maximum Gasteiger partial charge on any atom is 0.230 e. The molecule has 0 unspecified atom stereocenters. The number of carbonyl (C=O) groups excluding carboxylic acids is 1. The zero-order chi connectivity index (χ0) is 17.9. The van der Waals surface area contributed by atoms with Gasteiger partial charge >= 0.3 is 0 Å². The fourth-order valence-electron chi connectivity index (χ4n) is 2.29. The highest BCUT2D eigenvalue weighted by molar-refractivity contribution is 7.99. The molecule has 0 radical (unpaired) electrons. The first-order valence-electron chi connectivity index (χ1n) is 8.66. The predicted octanol–water partition coefficient (Wildman–Crippen LogP) is 2.85. The topological polar surface area (TPSA) is 81.9 Å². The van der Waals surface area contributed by atoms with E-state index in [-0.39, 0.29) is 11.7 Å². The molecular formula is C17H25N5O2S. The van der Waals surface area contributed by atoms with Gasteiger partial charge in [-0.1, -0.05) is 50.1 Å². The van der Waals surface area contributed by atoms with Gasteiger partial charge < -0.3 is 10.1 Å². The lowest BCUT2D eigenvalue weighted by Gasteiger charge is -2.10. The standard InChI is InChI=1S/C17H25N5O2S/c1-3-5-6-9-12-18-16(23)13-25-17-19-20-21-22(17)14-10-7-8-11-15(14)24-4-2/h7-8,10-11H,3-6,9,12-13H2,1-2H3,(H,18,23). The van der Waals surface area contributed by atoms with Crippen LogP contribution in [0.5, 0.6) is 5.75 Å². The van der Waals surface area contributed by atoms with E-state index in [9.17, 15) is 4.79 Å². The van der Waals surface area contributed by atoms with Crippen molar-refractivity contribution < 1.29 is 9.53 Å². The van der Waals surface area contributed by atoms with Gasteiger partial charge in [-0.25, -0.2) is 0 Å². The molecule has 0 aliphatic carbocycles. The number of nitrogens with one attached hydrogen (secondary N) is 1. The summed E-state index contributed by atoms with van der Waals surface area (Å²) < 4.78 is 7.22. The molecule has 0 atom stereocenters. The number of ether oxygens (including phenoxy) is 1. The van der Waals surface area contributed by atoms with E-state index < -0.39 is 0 Å². The van der Waals surface area contributed by atoms with Gasteiger partial charge in [-0.15, -0.1) is 5.10 Å². The highest BCUT2D eigenvalue weighted by Gasteiger charge is 2.14. The molecule has 1 amide bonds. The van der Waals surface area contributed by atoms with Crippen molar-refractivity contribution in [2.75, 3.05) is 18.9 Å². The molecule has 0 saturated carbocycles. The maximum absolute atomic E-state index is 12.0. The highest BCUT2D eigenvalue weighted by atomic mass is 32.2. The van der Waals surface area contributed by atoms with Gasteiger partial charge in [0, 0.05) is 6.54 Å². The minimum absolute atomic E-state index is 0.00542. The molecule has 0 spiro atoms. The van der Waals surface area contributed by atoms with E-state index in [1.165, 1.54) is 24.6 Å². The Hall–Kier alpha value is -2.09. The van der Waals surface area contributed by atoms with Gasteiger partial charge in [-0.3, -0.25) is 4.79 Å². The Balaban J connectivity index is 1.91. The molecule has 0 bridgehead atoms. The van der Waals surface area contributed by atoms with Crippen molar-refractivity contribution in [3.05, 3.63) is 24.3 Å². The molecule has 136 valence electrons. The number of para-hydroxylation sites is 2. The lowest BCUT2D eigenvalue weighted by atomic mass is 10.2. The Kier molecular flexibility index (Phi) is 8.24. The van der Waals surface area contributed by atoms with E-state index in [1.54, 1.807) is 4.68 Å². The van der Waals surface area contributed by atoms with E-state index in [1.807, 2.05) is 31.2 Å². The molecule has 2 rings (SSSR count). The molecule has 7 nitrogen and oxygen atoms in total. The van der Waals surface area contributed by atoms with Crippen molar-refractivity contribution in [1.82, 2.24) is 25.5 Å². The van der Waals surface area contributed by atoms with Crippen LogP contribution in [0.2, 0.25) is 0 Å². The van der Waals surface area contributed by atoms with E-state index in [2.05, 4.69) is 27.8 Å². The van der Waals surface area contributed by atoms with Crippen molar-refractivity contribution in [3.63, 3.8) is 0 Å². The first kappa shape index (κ1) is 19.2. The Morgan fingerprint density at radius 1 is 1.24 bits per heavy atom. The molecule has 0 aliphatic heterocycles. The SMILES string of the molecule is CCCCCCNC(=O)CSc1nnnn1-c1ccccc1OCC. The number of hydrogen-bond acceptors (Lipinski definition) is 6. The number of unbranched alkanes of at least 4 members (excludes halogenated alkanes) is 3. The second-order valence-electron chi connectivity index (χ2n) is 5.47. The summed E-state index contributed by atoms with van der Waals surface area (Å²) in [5, 5.41) is 15.3. The lowest BCUT2D eigenvalue weighted by molar-refractivity contribution is -0.118. The molecule has 0 fully saturated rings. The fourth-order valence-corrected chi connectivity index (χ4v) is 3.00. The monoisotopic (exact) mass is 363 g/mol. The van der Waals surface area contributed by atoms with E-state index in [0.717, 1.165) is 25.1 Å². The van der Waals surface area contributed by atoms with Crippen LogP contribution in [0.3, 0.4) is 0 Å². The second-order valence-corrected chi connectivity index (χ2v) is 6.42. The first-order valence-corrected chi connectivity index (χ1v) is 9.64. The number of amides is 1. The largest absolute Gasteiger partial charge is 0.492 e. The number of thioether (sulfide) groups is 1.